The van der Waals surface area contributed by atoms with Gasteiger partial charge in [-0.2, -0.15) is 0 Å². The minimum Gasteiger partial charge on any atom is -0.493 e. The molecule has 1 atom stereocenters. The van der Waals surface area contributed by atoms with Crippen molar-refractivity contribution < 1.29 is 23.8 Å². The first-order valence-corrected chi connectivity index (χ1v) is 9.83. The van der Waals surface area contributed by atoms with E-state index in [0.29, 0.717) is 18.1 Å². The number of ether oxygens (including phenoxy) is 3. The molecular formula is C24H29NO5. The van der Waals surface area contributed by atoms with Crippen LogP contribution in [-0.4, -0.2) is 31.7 Å². The Morgan fingerprint density at radius 3 is 2.33 bits per heavy atom. The van der Waals surface area contributed by atoms with Crippen molar-refractivity contribution >= 4 is 23.6 Å². The molecule has 0 spiro atoms. The predicted molar refractivity (Wildman–Crippen MR) is 118 cm³/mol. The van der Waals surface area contributed by atoms with Crippen LogP contribution < -0.4 is 14.8 Å². The number of benzene rings is 2. The van der Waals surface area contributed by atoms with Crippen molar-refractivity contribution in [2.75, 3.05) is 19.0 Å². The van der Waals surface area contributed by atoms with Crippen molar-refractivity contribution in [3.05, 3.63) is 58.7 Å². The van der Waals surface area contributed by atoms with Crippen molar-refractivity contribution in [3.8, 4) is 11.5 Å². The van der Waals surface area contributed by atoms with Gasteiger partial charge < -0.3 is 19.5 Å². The standard InChI is InChI=1S/C24H29NO5/c1-7-29-20-10-8-19(14-21(20)28-6)9-11-22(26)30-18(5)24(27)25-23-16(3)12-15(2)13-17(23)4/h8-14,18H,7H2,1-6H3,(H,25,27)/b11-9+/t18-/m1/s1. The number of anilines is 1. The van der Waals surface area contributed by atoms with Gasteiger partial charge in [0.1, 0.15) is 0 Å². The largest absolute Gasteiger partial charge is 0.493 e. The molecule has 0 fully saturated rings. The van der Waals surface area contributed by atoms with Gasteiger partial charge in [0.25, 0.3) is 5.91 Å². The van der Waals surface area contributed by atoms with Gasteiger partial charge in [-0.15, -0.1) is 0 Å². The van der Waals surface area contributed by atoms with Crippen LogP contribution in [-0.2, 0) is 14.3 Å². The van der Waals surface area contributed by atoms with Crippen molar-refractivity contribution in [3.63, 3.8) is 0 Å². The second-order valence-corrected chi connectivity index (χ2v) is 7.02. The molecule has 30 heavy (non-hydrogen) atoms. The average Bonchev–Trinajstić information content (AvgIpc) is 2.69. The molecule has 6 heteroatoms. The number of methoxy groups -OCH3 is 1. The zero-order valence-corrected chi connectivity index (χ0v) is 18.4. The molecule has 0 aliphatic heterocycles. The maximum atomic E-state index is 12.5. The molecule has 160 valence electrons. The second-order valence-electron chi connectivity index (χ2n) is 7.02. The Hall–Kier alpha value is -3.28. The molecule has 0 aliphatic rings. The highest BCUT2D eigenvalue weighted by Gasteiger charge is 2.18. The summed E-state index contributed by atoms with van der Waals surface area (Å²) in [4.78, 5) is 24.6. The molecule has 0 saturated carbocycles. The Bertz CT molecular complexity index is 926. The summed E-state index contributed by atoms with van der Waals surface area (Å²) in [6.45, 7) is 9.82. The van der Waals surface area contributed by atoms with E-state index in [0.717, 1.165) is 27.9 Å². The Morgan fingerprint density at radius 2 is 1.73 bits per heavy atom. The molecular weight excluding hydrogens is 382 g/mol. The molecule has 0 unspecified atom stereocenters. The van der Waals surface area contributed by atoms with Crippen molar-refractivity contribution in [2.45, 2.75) is 40.7 Å². The van der Waals surface area contributed by atoms with Crippen molar-refractivity contribution in [1.29, 1.82) is 0 Å². The molecule has 1 amide bonds. The molecule has 0 aliphatic carbocycles. The van der Waals surface area contributed by atoms with Crippen molar-refractivity contribution in [1.82, 2.24) is 0 Å². The number of esters is 1. The third-order valence-electron chi connectivity index (χ3n) is 4.49. The fourth-order valence-electron chi connectivity index (χ4n) is 3.10. The fourth-order valence-corrected chi connectivity index (χ4v) is 3.10. The number of carbonyl (C=O) groups excluding carboxylic acids is 2. The monoisotopic (exact) mass is 411 g/mol. The number of rotatable bonds is 8. The zero-order valence-electron chi connectivity index (χ0n) is 18.4. The van der Waals surface area contributed by atoms with Crippen LogP contribution in [0.3, 0.4) is 0 Å². The molecule has 2 aromatic carbocycles. The van der Waals surface area contributed by atoms with E-state index in [9.17, 15) is 9.59 Å². The maximum absolute atomic E-state index is 12.5. The van der Waals surface area contributed by atoms with Gasteiger partial charge in [0.2, 0.25) is 0 Å². The van der Waals surface area contributed by atoms with E-state index in [4.69, 9.17) is 14.2 Å². The summed E-state index contributed by atoms with van der Waals surface area (Å²) in [6.07, 6.45) is 1.94. The van der Waals surface area contributed by atoms with E-state index in [1.807, 2.05) is 39.8 Å². The number of amides is 1. The molecule has 0 saturated heterocycles. The average molecular weight is 411 g/mol. The first kappa shape index (κ1) is 23.0. The maximum Gasteiger partial charge on any atom is 0.331 e. The summed E-state index contributed by atoms with van der Waals surface area (Å²) in [5.41, 5.74) is 4.53. The SMILES string of the molecule is CCOc1ccc(/C=C/C(=O)O[C@H](C)C(=O)Nc2c(C)cc(C)cc2C)cc1OC. The molecule has 6 nitrogen and oxygen atoms in total. The van der Waals surface area contributed by atoms with Gasteiger partial charge in [-0.1, -0.05) is 23.8 Å². The minimum atomic E-state index is -0.933. The van der Waals surface area contributed by atoms with Crippen LogP contribution in [0.25, 0.3) is 6.08 Å². The Labute approximate surface area is 177 Å². The lowest BCUT2D eigenvalue weighted by Gasteiger charge is -2.16. The number of hydrogen-bond donors (Lipinski definition) is 1. The number of nitrogens with one attached hydrogen (secondary N) is 1. The van der Waals surface area contributed by atoms with Gasteiger partial charge in [0, 0.05) is 11.8 Å². The van der Waals surface area contributed by atoms with Crippen LogP contribution in [0.2, 0.25) is 0 Å². The van der Waals surface area contributed by atoms with E-state index in [1.165, 1.54) is 6.08 Å². The Morgan fingerprint density at radius 1 is 1.07 bits per heavy atom. The Balaban J connectivity index is 1.99. The van der Waals surface area contributed by atoms with Crippen LogP contribution >= 0.6 is 0 Å². The molecule has 0 bridgehead atoms. The van der Waals surface area contributed by atoms with Gasteiger partial charge >= 0.3 is 5.97 Å². The summed E-state index contributed by atoms with van der Waals surface area (Å²) in [6, 6.07) is 9.32. The fraction of sp³-hybridized carbons (Fsp3) is 0.333. The molecule has 1 N–H and O–H groups in total. The number of hydrogen-bond acceptors (Lipinski definition) is 5. The summed E-state index contributed by atoms with van der Waals surface area (Å²) in [7, 11) is 1.55. The Kier molecular flexibility index (Phi) is 8.04. The van der Waals surface area contributed by atoms with Gasteiger partial charge in [-0.05, 0) is 69.5 Å². The van der Waals surface area contributed by atoms with Crippen LogP contribution in [0, 0.1) is 20.8 Å². The first-order chi connectivity index (χ1) is 14.2. The predicted octanol–water partition coefficient (Wildman–Crippen LogP) is 4.60. The van der Waals surface area contributed by atoms with E-state index in [-0.39, 0.29) is 5.91 Å². The highest BCUT2D eigenvalue weighted by atomic mass is 16.5. The van der Waals surface area contributed by atoms with Crippen LogP contribution in [0.1, 0.15) is 36.1 Å². The van der Waals surface area contributed by atoms with Gasteiger partial charge in [-0.3, -0.25) is 4.79 Å². The van der Waals surface area contributed by atoms with Gasteiger partial charge in [0.05, 0.1) is 13.7 Å². The zero-order chi connectivity index (χ0) is 22.3. The highest BCUT2D eigenvalue weighted by Crippen LogP contribution is 2.28. The lowest BCUT2D eigenvalue weighted by atomic mass is 10.0. The van der Waals surface area contributed by atoms with E-state index in [2.05, 4.69) is 5.32 Å². The lowest BCUT2D eigenvalue weighted by Crippen LogP contribution is -2.30. The van der Waals surface area contributed by atoms with Crippen LogP contribution in [0.15, 0.2) is 36.4 Å². The quantitative estimate of drug-likeness (QED) is 0.507. The molecule has 2 aromatic rings. The normalized spacial score (nSPS) is 11.8. The van der Waals surface area contributed by atoms with Crippen molar-refractivity contribution in [2.24, 2.45) is 0 Å². The summed E-state index contributed by atoms with van der Waals surface area (Å²) >= 11 is 0. The topological polar surface area (TPSA) is 73.9 Å². The van der Waals surface area contributed by atoms with E-state index in [1.54, 1.807) is 38.3 Å². The second kappa shape index (κ2) is 10.5. The summed E-state index contributed by atoms with van der Waals surface area (Å²) < 4.78 is 16.0. The van der Waals surface area contributed by atoms with Crippen LogP contribution in [0.4, 0.5) is 5.69 Å². The van der Waals surface area contributed by atoms with Gasteiger partial charge in [0.15, 0.2) is 17.6 Å². The third kappa shape index (κ3) is 6.11. The smallest absolute Gasteiger partial charge is 0.331 e. The number of carbonyl (C=O) groups is 2. The first-order valence-electron chi connectivity index (χ1n) is 9.83. The van der Waals surface area contributed by atoms with Crippen LogP contribution in [0.5, 0.6) is 11.5 Å². The minimum absolute atomic E-state index is 0.380. The van der Waals surface area contributed by atoms with E-state index >= 15 is 0 Å². The highest BCUT2D eigenvalue weighted by molar-refractivity contribution is 5.97. The summed E-state index contributed by atoms with van der Waals surface area (Å²) in [5.74, 6) is 0.216. The number of aryl methyl sites for hydroxylation is 3. The molecule has 0 radical (unpaired) electrons. The molecule has 2 rings (SSSR count). The lowest BCUT2D eigenvalue weighted by molar-refractivity contribution is -0.148. The third-order valence-corrected chi connectivity index (χ3v) is 4.49. The summed E-state index contributed by atoms with van der Waals surface area (Å²) in [5, 5.41) is 2.85. The molecule has 0 aromatic heterocycles. The van der Waals surface area contributed by atoms with E-state index < -0.39 is 12.1 Å². The molecule has 0 heterocycles. The van der Waals surface area contributed by atoms with Gasteiger partial charge in [-0.25, -0.2) is 4.79 Å².